The highest BCUT2D eigenvalue weighted by Gasteiger charge is 2.06. The Kier molecular flexibility index (Phi) is 2.33. The lowest BCUT2D eigenvalue weighted by atomic mass is 9.97. The second-order valence-electron chi connectivity index (χ2n) is 4.08. The lowest BCUT2D eigenvalue weighted by molar-refractivity contribution is 1.08. The molecule has 0 atom stereocenters. The van der Waals surface area contributed by atoms with Crippen molar-refractivity contribution in [1.82, 2.24) is 0 Å². The molecule has 0 aliphatic rings. The van der Waals surface area contributed by atoms with Crippen molar-refractivity contribution in [2.45, 2.75) is 6.54 Å². The monoisotopic (exact) mass is 221 g/mol. The Balaban J connectivity index is 2.51. The first-order valence-corrected chi connectivity index (χ1v) is 5.58. The van der Waals surface area contributed by atoms with Gasteiger partial charge in [0.05, 0.1) is 0 Å². The Morgan fingerprint density at radius 3 is 1.88 bits per heavy atom. The van der Waals surface area contributed by atoms with Crippen molar-refractivity contribution in [3.63, 3.8) is 0 Å². The van der Waals surface area contributed by atoms with E-state index in [1.54, 1.807) is 0 Å². The minimum atomic E-state index is 0.224. The Hall–Kier alpha value is -2.22. The molecule has 3 aromatic rings. The highest BCUT2D eigenvalue weighted by Crippen LogP contribution is 2.28. The van der Waals surface area contributed by atoms with Crippen LogP contribution in [-0.2, 0) is 6.54 Å². The van der Waals surface area contributed by atoms with E-state index in [1.807, 2.05) is 36.4 Å². The second-order valence-corrected chi connectivity index (χ2v) is 4.08. The molecular formula is C15H11NO. The van der Waals surface area contributed by atoms with E-state index in [2.05, 4.69) is 23.4 Å². The van der Waals surface area contributed by atoms with Crippen LogP contribution in [0.25, 0.3) is 21.5 Å². The van der Waals surface area contributed by atoms with Crippen molar-refractivity contribution in [2.75, 3.05) is 0 Å². The third-order valence-corrected chi connectivity index (χ3v) is 3.11. The molecular weight excluding hydrogens is 210 g/mol. The van der Waals surface area contributed by atoms with Crippen molar-refractivity contribution in [1.29, 1.82) is 0 Å². The number of nitrogens with zero attached hydrogens (tertiary/aromatic N) is 1. The van der Waals surface area contributed by atoms with E-state index in [1.165, 1.54) is 0 Å². The van der Waals surface area contributed by atoms with Crippen LogP contribution in [0.2, 0.25) is 0 Å². The molecule has 0 aliphatic heterocycles. The number of hydrogen-bond donors (Lipinski definition) is 0. The standard InChI is InChI=1S/C15H11NO/c17-16-10-15-13-7-3-1-5-11(13)9-12-6-2-4-8-14(12)15/h1-9H,10H2. The summed E-state index contributed by atoms with van der Waals surface area (Å²) in [5.41, 5.74) is 1.02. The maximum atomic E-state index is 10.6. The molecule has 0 radical (unpaired) electrons. The first kappa shape index (κ1) is 9.97. The Bertz CT molecular complexity index is 649. The number of rotatable bonds is 2. The summed E-state index contributed by atoms with van der Waals surface area (Å²) in [6.45, 7) is 0.224. The van der Waals surface area contributed by atoms with Crippen LogP contribution in [0.1, 0.15) is 5.56 Å². The highest BCUT2D eigenvalue weighted by atomic mass is 16.3. The van der Waals surface area contributed by atoms with Crippen molar-refractivity contribution >= 4 is 21.5 Å². The zero-order valence-corrected chi connectivity index (χ0v) is 9.26. The van der Waals surface area contributed by atoms with Crippen LogP contribution >= 0.6 is 0 Å². The predicted molar refractivity (Wildman–Crippen MR) is 71.0 cm³/mol. The normalized spacial score (nSPS) is 10.8. The van der Waals surface area contributed by atoms with Gasteiger partial charge in [0.1, 0.15) is 6.54 Å². The molecule has 0 amide bonds. The summed E-state index contributed by atoms with van der Waals surface area (Å²) in [7, 11) is 0. The van der Waals surface area contributed by atoms with Crippen LogP contribution in [-0.4, -0.2) is 0 Å². The van der Waals surface area contributed by atoms with Crippen LogP contribution < -0.4 is 0 Å². The summed E-state index contributed by atoms with van der Waals surface area (Å²) in [5.74, 6) is 0. The molecule has 0 N–H and O–H groups in total. The van der Waals surface area contributed by atoms with Crippen LogP contribution in [0.4, 0.5) is 0 Å². The zero-order valence-electron chi connectivity index (χ0n) is 9.26. The molecule has 0 saturated carbocycles. The van der Waals surface area contributed by atoms with Crippen LogP contribution in [0.3, 0.4) is 0 Å². The van der Waals surface area contributed by atoms with E-state index in [0.717, 1.165) is 27.1 Å². The molecule has 0 aromatic heterocycles. The molecule has 17 heavy (non-hydrogen) atoms. The maximum Gasteiger partial charge on any atom is 0.107 e. The van der Waals surface area contributed by atoms with Gasteiger partial charge < -0.3 is 0 Å². The highest BCUT2D eigenvalue weighted by molar-refractivity contribution is 6.02. The summed E-state index contributed by atoms with van der Waals surface area (Å²) in [6.07, 6.45) is 0. The zero-order chi connectivity index (χ0) is 11.7. The van der Waals surface area contributed by atoms with Crippen molar-refractivity contribution < 1.29 is 0 Å². The summed E-state index contributed by atoms with van der Waals surface area (Å²) in [4.78, 5) is 10.6. The topological polar surface area (TPSA) is 29.4 Å². The average Bonchev–Trinajstić information content (AvgIpc) is 2.39. The Labute approximate surface area is 98.9 Å². The number of hydrogen-bond acceptors (Lipinski definition) is 2. The van der Waals surface area contributed by atoms with E-state index >= 15 is 0 Å². The third kappa shape index (κ3) is 1.58. The van der Waals surface area contributed by atoms with Crippen molar-refractivity contribution in [2.24, 2.45) is 5.18 Å². The second kappa shape index (κ2) is 3.98. The van der Waals surface area contributed by atoms with Crippen molar-refractivity contribution in [3.05, 3.63) is 65.1 Å². The van der Waals surface area contributed by atoms with Gasteiger partial charge in [0.25, 0.3) is 0 Å². The van der Waals surface area contributed by atoms with Gasteiger partial charge in [0.2, 0.25) is 0 Å². The molecule has 0 aliphatic carbocycles. The molecule has 0 unspecified atom stereocenters. The minimum Gasteiger partial charge on any atom is -0.150 e. The fraction of sp³-hybridized carbons (Fsp3) is 0.0667. The number of benzene rings is 3. The van der Waals surface area contributed by atoms with E-state index in [-0.39, 0.29) is 6.54 Å². The summed E-state index contributed by atoms with van der Waals surface area (Å²) >= 11 is 0. The molecule has 82 valence electrons. The Morgan fingerprint density at radius 2 is 1.35 bits per heavy atom. The lowest BCUT2D eigenvalue weighted by Gasteiger charge is -2.08. The van der Waals surface area contributed by atoms with E-state index < -0.39 is 0 Å². The van der Waals surface area contributed by atoms with Crippen LogP contribution in [0, 0.1) is 4.91 Å². The van der Waals surface area contributed by atoms with Gasteiger partial charge in [-0.25, -0.2) is 0 Å². The molecule has 0 spiro atoms. The smallest absolute Gasteiger partial charge is 0.107 e. The first-order chi connectivity index (χ1) is 8.40. The van der Waals surface area contributed by atoms with Gasteiger partial charge in [-0.3, -0.25) is 0 Å². The predicted octanol–water partition coefficient (Wildman–Crippen LogP) is 4.26. The van der Waals surface area contributed by atoms with E-state index in [9.17, 15) is 4.91 Å². The maximum absolute atomic E-state index is 10.6. The minimum absolute atomic E-state index is 0.224. The van der Waals surface area contributed by atoms with E-state index in [4.69, 9.17) is 0 Å². The fourth-order valence-electron chi connectivity index (χ4n) is 2.34. The van der Waals surface area contributed by atoms with E-state index in [0.29, 0.717) is 0 Å². The summed E-state index contributed by atoms with van der Waals surface area (Å²) < 4.78 is 0. The Morgan fingerprint density at radius 1 is 0.824 bits per heavy atom. The van der Waals surface area contributed by atoms with Gasteiger partial charge in [0.15, 0.2) is 0 Å². The first-order valence-electron chi connectivity index (χ1n) is 5.58. The average molecular weight is 221 g/mol. The van der Waals surface area contributed by atoms with Gasteiger partial charge >= 0.3 is 0 Å². The molecule has 0 fully saturated rings. The summed E-state index contributed by atoms with van der Waals surface area (Å²) in [5, 5.41) is 7.60. The number of nitroso groups, excluding NO2 is 1. The lowest BCUT2D eigenvalue weighted by Crippen LogP contribution is -1.87. The van der Waals surface area contributed by atoms with Gasteiger partial charge in [-0.05, 0) is 33.2 Å². The van der Waals surface area contributed by atoms with Crippen LogP contribution in [0.5, 0.6) is 0 Å². The molecule has 3 rings (SSSR count). The van der Waals surface area contributed by atoms with Gasteiger partial charge in [0, 0.05) is 0 Å². The number of fused-ring (bicyclic) bond motifs is 2. The van der Waals surface area contributed by atoms with Gasteiger partial charge in [-0.1, -0.05) is 53.7 Å². The van der Waals surface area contributed by atoms with Gasteiger partial charge in [-0.15, -0.1) is 0 Å². The molecule has 2 nitrogen and oxygen atoms in total. The summed E-state index contributed by atoms with van der Waals surface area (Å²) in [6, 6.07) is 18.4. The largest absolute Gasteiger partial charge is 0.150 e. The quantitative estimate of drug-likeness (QED) is 0.469. The SMILES string of the molecule is O=NCc1c2ccccc2cc2ccccc12. The molecule has 3 aromatic carbocycles. The third-order valence-electron chi connectivity index (χ3n) is 3.11. The molecule has 2 heteroatoms. The fourth-order valence-corrected chi connectivity index (χ4v) is 2.34. The molecule has 0 saturated heterocycles. The van der Waals surface area contributed by atoms with Crippen LogP contribution in [0.15, 0.2) is 59.8 Å². The molecule has 0 bridgehead atoms. The van der Waals surface area contributed by atoms with Gasteiger partial charge in [-0.2, -0.15) is 4.91 Å². The molecule has 0 heterocycles. The van der Waals surface area contributed by atoms with Crippen molar-refractivity contribution in [3.8, 4) is 0 Å².